The number of nitrogens with zero attached hydrogens (tertiary/aromatic N) is 8. The van der Waals surface area contributed by atoms with E-state index in [0.29, 0.717) is 6.54 Å². The lowest BCUT2D eigenvalue weighted by atomic mass is 10.1. The minimum atomic E-state index is -2.75. The molecule has 0 spiro atoms. The van der Waals surface area contributed by atoms with E-state index in [1.54, 1.807) is 6.20 Å². The molecule has 12 nitrogen and oxygen atoms in total. The topological polar surface area (TPSA) is 136 Å². The molecule has 1 fully saturated rings. The molecule has 0 bridgehead atoms. The van der Waals surface area contributed by atoms with Crippen LogP contribution in [0, 0.1) is 6.92 Å². The second kappa shape index (κ2) is 10.8. The van der Waals surface area contributed by atoms with Gasteiger partial charge in [0.25, 0.3) is 11.8 Å². The lowest BCUT2D eigenvalue weighted by molar-refractivity contribution is -0.141. The summed E-state index contributed by atoms with van der Waals surface area (Å²) < 4.78 is 42.7. The van der Waals surface area contributed by atoms with Crippen molar-refractivity contribution >= 4 is 17.6 Å². The largest absolute Gasteiger partial charge is 0.346 e. The smallest absolute Gasteiger partial charge is 0.273 e. The van der Waals surface area contributed by atoms with E-state index in [0.717, 1.165) is 11.3 Å². The number of amides is 2. The molecular weight excluding hydrogens is 481 g/mol. The molecule has 0 aliphatic carbocycles. The van der Waals surface area contributed by atoms with Crippen LogP contribution in [0.1, 0.15) is 28.2 Å². The standard InChI is InChI=1S/C21H25F3N10O2/c1-14-2-3-15(6-25-14)7-26-20(36)17-9-33(30-28-17)5-4-16(22)8-34-10-18(29-31-34)27-19(35)11-32-12-21(23,24)13-32/h2-3,6,9-10,16H,4-5,7-8,11-13H2,1H3,(H,26,36)(H,27,35). The van der Waals surface area contributed by atoms with Crippen molar-refractivity contribution in [3.05, 3.63) is 47.7 Å². The van der Waals surface area contributed by atoms with Gasteiger partial charge < -0.3 is 10.6 Å². The third kappa shape index (κ3) is 7.07. The highest BCUT2D eigenvalue weighted by Gasteiger charge is 2.44. The number of carbonyl (C=O) groups is 2. The van der Waals surface area contributed by atoms with Gasteiger partial charge in [-0.1, -0.05) is 16.5 Å². The first kappa shape index (κ1) is 25.2. The Kier molecular flexibility index (Phi) is 7.57. The molecule has 3 aromatic rings. The monoisotopic (exact) mass is 506 g/mol. The average molecular weight is 506 g/mol. The number of hydrogen-bond acceptors (Lipinski definition) is 8. The van der Waals surface area contributed by atoms with E-state index in [9.17, 15) is 22.8 Å². The quantitative estimate of drug-likeness (QED) is 0.390. The van der Waals surface area contributed by atoms with Gasteiger partial charge in [0.15, 0.2) is 11.5 Å². The van der Waals surface area contributed by atoms with Crippen molar-refractivity contribution in [2.24, 2.45) is 0 Å². The van der Waals surface area contributed by atoms with Gasteiger partial charge in [-0.15, -0.1) is 10.2 Å². The predicted molar refractivity (Wildman–Crippen MR) is 120 cm³/mol. The van der Waals surface area contributed by atoms with Gasteiger partial charge in [-0.25, -0.2) is 17.9 Å². The molecule has 2 amide bonds. The average Bonchev–Trinajstić information content (AvgIpc) is 3.45. The Labute approximate surface area is 203 Å². The summed E-state index contributed by atoms with van der Waals surface area (Å²) in [5, 5.41) is 20.4. The molecule has 4 heterocycles. The van der Waals surface area contributed by atoms with E-state index in [-0.39, 0.29) is 37.6 Å². The molecule has 1 unspecified atom stereocenters. The molecule has 36 heavy (non-hydrogen) atoms. The molecule has 1 aliphatic rings. The van der Waals surface area contributed by atoms with E-state index in [1.807, 2.05) is 19.1 Å². The zero-order valence-electron chi connectivity index (χ0n) is 19.4. The summed E-state index contributed by atoms with van der Waals surface area (Å²) in [5.41, 5.74) is 1.84. The van der Waals surface area contributed by atoms with Crippen molar-refractivity contribution in [2.45, 2.75) is 45.1 Å². The molecule has 1 saturated heterocycles. The van der Waals surface area contributed by atoms with E-state index in [4.69, 9.17) is 0 Å². The van der Waals surface area contributed by atoms with E-state index in [1.165, 1.54) is 26.7 Å². The van der Waals surface area contributed by atoms with Crippen molar-refractivity contribution in [3.8, 4) is 0 Å². The van der Waals surface area contributed by atoms with Gasteiger partial charge in [-0.3, -0.25) is 24.2 Å². The Hall–Kier alpha value is -3.88. The number of likely N-dealkylation sites (tertiary alicyclic amines) is 1. The van der Waals surface area contributed by atoms with Crippen LogP contribution in [0.3, 0.4) is 0 Å². The summed E-state index contributed by atoms with van der Waals surface area (Å²) in [4.78, 5) is 29.6. The number of hydrogen-bond donors (Lipinski definition) is 2. The fraction of sp³-hybridized carbons (Fsp3) is 0.476. The molecule has 2 N–H and O–H groups in total. The molecule has 192 valence electrons. The van der Waals surface area contributed by atoms with Gasteiger partial charge in [0.05, 0.1) is 38.6 Å². The van der Waals surface area contributed by atoms with Crippen molar-refractivity contribution < 1.29 is 22.8 Å². The van der Waals surface area contributed by atoms with Crippen LogP contribution in [0.4, 0.5) is 19.0 Å². The van der Waals surface area contributed by atoms with Gasteiger partial charge in [-0.05, 0) is 18.6 Å². The fourth-order valence-corrected chi connectivity index (χ4v) is 3.50. The van der Waals surface area contributed by atoms with Gasteiger partial charge in [0, 0.05) is 31.4 Å². The van der Waals surface area contributed by atoms with Crippen LogP contribution in [0.25, 0.3) is 0 Å². The van der Waals surface area contributed by atoms with Crippen LogP contribution in [0.5, 0.6) is 0 Å². The lowest BCUT2D eigenvalue weighted by Crippen LogP contribution is -2.57. The van der Waals surface area contributed by atoms with E-state index < -0.39 is 37.0 Å². The number of anilines is 1. The number of aromatic nitrogens is 7. The Morgan fingerprint density at radius 3 is 2.64 bits per heavy atom. The summed E-state index contributed by atoms with van der Waals surface area (Å²) >= 11 is 0. The fourth-order valence-electron chi connectivity index (χ4n) is 3.50. The van der Waals surface area contributed by atoms with Crippen LogP contribution in [0.2, 0.25) is 0 Å². The summed E-state index contributed by atoms with van der Waals surface area (Å²) in [6.07, 6.45) is 3.23. The molecular formula is C21H25F3N10O2. The number of pyridine rings is 1. The zero-order chi connectivity index (χ0) is 25.7. The van der Waals surface area contributed by atoms with Crippen LogP contribution in [-0.2, 0) is 24.4 Å². The van der Waals surface area contributed by atoms with Crippen LogP contribution >= 0.6 is 0 Å². The third-order valence-corrected chi connectivity index (χ3v) is 5.34. The highest BCUT2D eigenvalue weighted by atomic mass is 19.3. The van der Waals surface area contributed by atoms with Crippen molar-refractivity contribution in [2.75, 3.05) is 25.0 Å². The molecule has 1 aliphatic heterocycles. The van der Waals surface area contributed by atoms with E-state index >= 15 is 0 Å². The first-order valence-corrected chi connectivity index (χ1v) is 11.2. The number of carbonyl (C=O) groups excluding carboxylic acids is 2. The maximum atomic E-state index is 14.4. The van der Waals surface area contributed by atoms with Crippen molar-refractivity contribution in [1.29, 1.82) is 0 Å². The van der Waals surface area contributed by atoms with Gasteiger partial charge in [-0.2, -0.15) is 0 Å². The number of halogens is 3. The summed E-state index contributed by atoms with van der Waals surface area (Å²) in [5.74, 6) is -3.55. The highest BCUT2D eigenvalue weighted by molar-refractivity contribution is 5.92. The van der Waals surface area contributed by atoms with Crippen LogP contribution in [0.15, 0.2) is 30.7 Å². The van der Waals surface area contributed by atoms with Crippen LogP contribution in [-0.4, -0.2) is 83.4 Å². The molecule has 0 saturated carbocycles. The van der Waals surface area contributed by atoms with E-state index in [2.05, 4.69) is 36.2 Å². The SMILES string of the molecule is Cc1ccc(CNC(=O)c2cn(CCC(F)Cn3cc(NC(=O)CN4CC(F)(F)C4)nn3)nn2)cn1. The third-order valence-electron chi connectivity index (χ3n) is 5.34. The Balaban J connectivity index is 1.17. The lowest BCUT2D eigenvalue weighted by Gasteiger charge is -2.37. The van der Waals surface area contributed by atoms with Crippen molar-refractivity contribution in [3.63, 3.8) is 0 Å². The van der Waals surface area contributed by atoms with Gasteiger partial charge in [0.1, 0.15) is 6.17 Å². The Morgan fingerprint density at radius 1 is 1.14 bits per heavy atom. The zero-order valence-corrected chi connectivity index (χ0v) is 19.4. The number of nitrogens with one attached hydrogen (secondary N) is 2. The first-order chi connectivity index (χ1) is 17.1. The highest BCUT2D eigenvalue weighted by Crippen LogP contribution is 2.25. The summed E-state index contributed by atoms with van der Waals surface area (Å²) in [6, 6.07) is 3.71. The summed E-state index contributed by atoms with van der Waals surface area (Å²) in [7, 11) is 0. The maximum absolute atomic E-state index is 14.4. The minimum absolute atomic E-state index is 0.0736. The summed E-state index contributed by atoms with van der Waals surface area (Å²) in [6.45, 7) is 1.13. The number of alkyl halides is 3. The normalized spacial score (nSPS) is 15.8. The maximum Gasteiger partial charge on any atom is 0.273 e. The van der Waals surface area contributed by atoms with Gasteiger partial charge >= 0.3 is 0 Å². The number of rotatable bonds is 11. The molecule has 1 atom stereocenters. The minimum Gasteiger partial charge on any atom is -0.346 e. The Morgan fingerprint density at radius 2 is 1.92 bits per heavy atom. The second-order valence-electron chi connectivity index (χ2n) is 8.62. The van der Waals surface area contributed by atoms with Crippen molar-refractivity contribution in [1.82, 2.24) is 45.2 Å². The molecule has 0 aromatic carbocycles. The molecule has 15 heteroatoms. The number of aryl methyl sites for hydroxylation is 2. The first-order valence-electron chi connectivity index (χ1n) is 11.2. The van der Waals surface area contributed by atoms with Crippen LogP contribution < -0.4 is 10.6 Å². The molecule has 0 radical (unpaired) electrons. The molecule has 3 aromatic heterocycles. The Bertz CT molecular complexity index is 1190. The second-order valence-corrected chi connectivity index (χ2v) is 8.62. The molecule has 4 rings (SSSR count). The predicted octanol–water partition coefficient (Wildman–Crippen LogP) is 0.821. The van der Waals surface area contributed by atoms with Gasteiger partial charge in [0.2, 0.25) is 5.91 Å².